The summed E-state index contributed by atoms with van der Waals surface area (Å²) < 4.78 is 0.467. The van der Waals surface area contributed by atoms with Crippen molar-refractivity contribution in [1.29, 1.82) is 0 Å². The molecule has 0 aromatic carbocycles. The molecule has 1 fully saturated rings. The van der Waals surface area contributed by atoms with E-state index in [0.717, 1.165) is 57.8 Å². The summed E-state index contributed by atoms with van der Waals surface area (Å²) in [6.45, 7) is 4.32. The van der Waals surface area contributed by atoms with Gasteiger partial charge in [0.25, 0.3) is 0 Å². The Morgan fingerprint density at radius 1 is 0.808 bits per heavy atom. The van der Waals surface area contributed by atoms with Crippen molar-refractivity contribution in [3.8, 4) is 0 Å². The standard InChI is InChI=1S/C20H34N2O4/c1-3-5-7-8-10-12-18-17(11-9-6-4-2)13-14-19(21(25)15-23)20(18)22(26)16-24/h17-20H,3-14H2,1-2H3. The van der Waals surface area contributed by atoms with Crippen LogP contribution in [0.15, 0.2) is 0 Å². The van der Waals surface area contributed by atoms with Crippen molar-refractivity contribution in [2.75, 3.05) is 0 Å². The fourth-order valence-electron chi connectivity index (χ4n) is 4.45. The second-order valence-corrected chi connectivity index (χ2v) is 7.59. The van der Waals surface area contributed by atoms with Crippen LogP contribution >= 0.6 is 0 Å². The van der Waals surface area contributed by atoms with Gasteiger partial charge in [0.05, 0.1) is 0 Å². The summed E-state index contributed by atoms with van der Waals surface area (Å²) in [6.07, 6.45) is 14.8. The number of hydrogen-bond donors (Lipinski definition) is 0. The molecular formula is C20H34N2O4. The molecule has 0 spiro atoms. The van der Waals surface area contributed by atoms with E-state index in [0.29, 0.717) is 12.3 Å². The van der Waals surface area contributed by atoms with E-state index in [2.05, 4.69) is 13.8 Å². The average molecular weight is 367 g/mol. The lowest BCUT2D eigenvalue weighted by atomic mass is 9.69. The quantitative estimate of drug-likeness (QED) is 0.128. The molecule has 0 bridgehead atoms. The van der Waals surface area contributed by atoms with Crippen LogP contribution in [-0.2, 0) is 9.59 Å². The molecule has 6 nitrogen and oxygen atoms in total. The third-order valence-corrected chi connectivity index (χ3v) is 5.84. The van der Waals surface area contributed by atoms with E-state index in [1.165, 1.54) is 25.0 Å². The second-order valence-electron chi connectivity index (χ2n) is 7.59. The monoisotopic (exact) mass is 366 g/mol. The minimum Gasteiger partial charge on any atom is -0.613 e. The number of nitrogens with zero attached hydrogens (tertiary/aromatic N) is 2. The number of isocyanates is 2. The number of hydroxylamine groups is 2. The predicted molar refractivity (Wildman–Crippen MR) is 99.9 cm³/mol. The van der Waals surface area contributed by atoms with E-state index >= 15 is 0 Å². The Balaban J connectivity index is 2.94. The van der Waals surface area contributed by atoms with Gasteiger partial charge in [-0.3, -0.25) is 0 Å². The van der Waals surface area contributed by atoms with Gasteiger partial charge in [-0.2, -0.15) is 9.59 Å². The smallest absolute Gasteiger partial charge is 0.437 e. The van der Waals surface area contributed by atoms with Crippen molar-refractivity contribution in [2.45, 2.75) is 103 Å². The molecule has 0 heterocycles. The van der Waals surface area contributed by atoms with Crippen LogP contribution in [0.4, 0.5) is 0 Å². The van der Waals surface area contributed by atoms with Crippen LogP contribution in [0.25, 0.3) is 0 Å². The molecule has 1 saturated carbocycles. The van der Waals surface area contributed by atoms with Crippen LogP contribution in [0.5, 0.6) is 0 Å². The van der Waals surface area contributed by atoms with E-state index in [-0.39, 0.29) is 15.4 Å². The molecule has 1 aliphatic carbocycles. The Morgan fingerprint density at radius 2 is 1.38 bits per heavy atom. The Kier molecular flexibility index (Phi) is 10.9. The molecule has 0 amide bonds. The van der Waals surface area contributed by atoms with Crippen molar-refractivity contribution >= 4 is 12.2 Å². The van der Waals surface area contributed by atoms with Gasteiger partial charge in [0.2, 0.25) is 12.1 Å². The summed E-state index contributed by atoms with van der Waals surface area (Å²) in [6, 6.07) is -1.59. The van der Waals surface area contributed by atoms with Crippen molar-refractivity contribution < 1.29 is 19.1 Å². The van der Waals surface area contributed by atoms with E-state index in [4.69, 9.17) is 0 Å². The summed E-state index contributed by atoms with van der Waals surface area (Å²) in [5.41, 5.74) is 0. The lowest BCUT2D eigenvalue weighted by Crippen LogP contribution is -2.51. The zero-order chi connectivity index (χ0) is 19.4. The molecule has 0 aliphatic heterocycles. The van der Waals surface area contributed by atoms with Crippen LogP contribution in [0, 0.1) is 22.3 Å². The van der Waals surface area contributed by atoms with Crippen molar-refractivity contribution in [3.05, 3.63) is 10.4 Å². The maximum atomic E-state index is 12.2. The number of hydrogen-bond acceptors (Lipinski definition) is 4. The summed E-state index contributed by atoms with van der Waals surface area (Å²) >= 11 is 0. The summed E-state index contributed by atoms with van der Waals surface area (Å²) in [7, 11) is 0. The third kappa shape index (κ3) is 6.59. The van der Waals surface area contributed by atoms with E-state index in [1.54, 1.807) is 0 Å². The van der Waals surface area contributed by atoms with Crippen molar-refractivity contribution in [1.82, 2.24) is 0 Å². The molecule has 1 aliphatic rings. The van der Waals surface area contributed by atoms with Gasteiger partial charge in [-0.1, -0.05) is 65.2 Å². The first-order chi connectivity index (χ1) is 12.6. The first-order valence-electron chi connectivity index (χ1n) is 10.3. The molecule has 0 radical (unpaired) electrons. The molecule has 0 aromatic heterocycles. The molecule has 1 rings (SSSR count). The van der Waals surface area contributed by atoms with Crippen molar-refractivity contribution in [3.63, 3.8) is 0 Å². The lowest BCUT2D eigenvalue weighted by molar-refractivity contribution is -0.609. The van der Waals surface area contributed by atoms with Crippen LogP contribution < -0.4 is 0 Å². The summed E-state index contributed by atoms with van der Waals surface area (Å²) in [5.74, 6) is 0.273. The fourth-order valence-corrected chi connectivity index (χ4v) is 4.45. The zero-order valence-electron chi connectivity index (χ0n) is 16.3. The van der Waals surface area contributed by atoms with Gasteiger partial charge in [0.15, 0.2) is 0 Å². The molecular weight excluding hydrogens is 332 g/mol. The Bertz CT molecular complexity index is 510. The average Bonchev–Trinajstić information content (AvgIpc) is 2.67. The molecule has 6 heteroatoms. The lowest BCUT2D eigenvalue weighted by Gasteiger charge is -2.37. The first-order valence-corrected chi connectivity index (χ1v) is 10.3. The van der Waals surface area contributed by atoms with Gasteiger partial charge >= 0.3 is 12.2 Å². The highest BCUT2D eigenvalue weighted by Crippen LogP contribution is 2.39. The molecule has 0 saturated heterocycles. The second kappa shape index (κ2) is 12.7. The van der Waals surface area contributed by atoms with Crippen LogP contribution in [-0.4, -0.2) is 33.7 Å². The minimum atomic E-state index is -0.797. The molecule has 26 heavy (non-hydrogen) atoms. The van der Waals surface area contributed by atoms with Crippen LogP contribution in [0.1, 0.15) is 90.9 Å². The van der Waals surface area contributed by atoms with Gasteiger partial charge in [-0.05, 0) is 25.2 Å². The third-order valence-electron chi connectivity index (χ3n) is 5.84. The van der Waals surface area contributed by atoms with Gasteiger partial charge in [0.1, 0.15) is 0 Å². The molecule has 148 valence electrons. The van der Waals surface area contributed by atoms with E-state index in [1.807, 2.05) is 0 Å². The topological polar surface area (TPSA) is 86.3 Å². The van der Waals surface area contributed by atoms with Gasteiger partial charge in [0, 0.05) is 12.3 Å². The van der Waals surface area contributed by atoms with Crippen molar-refractivity contribution in [2.24, 2.45) is 11.8 Å². The van der Waals surface area contributed by atoms with Crippen LogP contribution in [0.3, 0.4) is 0 Å². The highest BCUT2D eigenvalue weighted by Gasteiger charge is 2.49. The fraction of sp³-hybridized carbons (Fsp3) is 0.900. The number of carbonyl (C=O) groups excluding carboxylic acids is 2. The van der Waals surface area contributed by atoms with Gasteiger partial charge in [-0.15, -0.1) is 9.48 Å². The maximum absolute atomic E-state index is 12.2. The largest absolute Gasteiger partial charge is 0.613 e. The van der Waals surface area contributed by atoms with E-state index < -0.39 is 12.1 Å². The zero-order valence-corrected chi connectivity index (χ0v) is 16.3. The molecule has 4 unspecified atom stereocenters. The minimum absolute atomic E-state index is 0.0454. The Morgan fingerprint density at radius 3 is 2.00 bits per heavy atom. The van der Waals surface area contributed by atoms with E-state index in [9.17, 15) is 20.0 Å². The number of unbranched alkanes of at least 4 members (excludes halogenated alkanes) is 6. The molecule has 4 atom stereocenters. The highest BCUT2D eigenvalue weighted by atomic mass is 16.5. The molecule has 0 aromatic rings. The summed E-state index contributed by atoms with van der Waals surface area (Å²) in [5, 5.41) is 24.1. The molecule has 0 N–H and O–H groups in total. The number of rotatable bonds is 12. The Hall–Kier alpha value is -1.64. The predicted octanol–water partition coefficient (Wildman–Crippen LogP) is 4.38. The van der Waals surface area contributed by atoms with Crippen LogP contribution in [0.2, 0.25) is 0 Å². The normalized spacial score (nSPS) is 25.3. The highest BCUT2D eigenvalue weighted by molar-refractivity contribution is 5.26. The Labute approximate surface area is 157 Å². The first kappa shape index (κ1) is 22.4. The SMILES string of the molecule is CCCCCCCC1C(CCCCC)CCC([N+]([O-])=C=O)C1[N+]([O-])=C=O. The summed E-state index contributed by atoms with van der Waals surface area (Å²) in [4.78, 5) is 21.9. The maximum Gasteiger partial charge on any atom is 0.437 e. The van der Waals surface area contributed by atoms with Gasteiger partial charge < -0.3 is 10.4 Å². The van der Waals surface area contributed by atoms with Gasteiger partial charge in [-0.25, -0.2) is 0 Å².